The van der Waals surface area contributed by atoms with E-state index in [1.807, 2.05) is 0 Å². The Balaban J connectivity index is 1.35. The number of hydrogen-bond donors (Lipinski definition) is 0. The summed E-state index contributed by atoms with van der Waals surface area (Å²) in [7, 11) is 0. The minimum Gasteiger partial charge on any atom is -0.311 e. The van der Waals surface area contributed by atoms with Crippen LogP contribution in [0.4, 0.5) is 34.1 Å². The van der Waals surface area contributed by atoms with E-state index in [0.717, 1.165) is 47.8 Å². The fourth-order valence-corrected chi connectivity index (χ4v) is 11.9. The Morgan fingerprint density at radius 2 is 0.808 bits per heavy atom. The van der Waals surface area contributed by atoms with Crippen molar-refractivity contribution in [1.82, 2.24) is 0 Å². The summed E-state index contributed by atoms with van der Waals surface area (Å²) < 4.78 is 0. The lowest BCUT2D eigenvalue weighted by atomic mass is 9.33. The number of benzene rings is 8. The topological polar surface area (TPSA) is 6.48 Å². The van der Waals surface area contributed by atoms with Crippen LogP contribution in [-0.4, -0.2) is 6.71 Å². The Kier molecular flexibility index (Phi) is 14.6. The van der Waals surface area contributed by atoms with Gasteiger partial charge in [-0.2, -0.15) is 0 Å². The van der Waals surface area contributed by atoms with Gasteiger partial charge in [-0.1, -0.05) is 220 Å². The predicted octanol–water partition coefficient (Wildman–Crippen LogP) is 18.9. The first-order valence-electron chi connectivity index (χ1n) is 27.1. The summed E-state index contributed by atoms with van der Waals surface area (Å²) in [5, 5.41) is 1.45. The number of rotatable bonds is 15. The van der Waals surface area contributed by atoms with Gasteiger partial charge in [-0.15, -0.1) is 0 Å². The molecule has 2 aliphatic heterocycles. The molecule has 0 radical (unpaired) electrons. The predicted molar refractivity (Wildman–Crippen MR) is 320 cm³/mol. The molecule has 5 heteroatoms. The van der Waals surface area contributed by atoms with Crippen molar-refractivity contribution in [3.05, 3.63) is 196 Å². The van der Waals surface area contributed by atoms with Gasteiger partial charge >= 0.3 is 0 Å². The maximum atomic E-state index is 7.29. The molecule has 2 aliphatic rings. The van der Waals surface area contributed by atoms with Gasteiger partial charge in [0, 0.05) is 43.9 Å². The highest BCUT2D eigenvalue weighted by atomic mass is 35.5. The summed E-state index contributed by atoms with van der Waals surface area (Å²) in [5.74, 6) is 0. The van der Waals surface area contributed by atoms with Crippen molar-refractivity contribution in [2.45, 2.75) is 130 Å². The van der Waals surface area contributed by atoms with E-state index in [2.05, 4.69) is 229 Å². The average Bonchev–Trinajstić information content (AvgIpc) is 3.39. The van der Waals surface area contributed by atoms with Gasteiger partial charge in [0.25, 0.3) is 6.71 Å². The Hall–Kier alpha value is -6.00. The van der Waals surface area contributed by atoms with Crippen molar-refractivity contribution in [2.75, 3.05) is 9.80 Å². The zero-order valence-corrected chi connectivity index (χ0v) is 45.9. The molecular formula is C68H71BCl2N2. The Labute approximate surface area is 447 Å². The maximum Gasteiger partial charge on any atom is 0.252 e. The van der Waals surface area contributed by atoms with Crippen LogP contribution in [-0.2, 0) is 23.7 Å². The normalized spacial score (nSPS) is 13.0. The average molecular weight is 998 g/mol. The van der Waals surface area contributed by atoms with Gasteiger partial charge in [0.15, 0.2) is 0 Å². The van der Waals surface area contributed by atoms with Gasteiger partial charge in [0.2, 0.25) is 0 Å². The molecule has 10 rings (SSSR count). The third-order valence-corrected chi connectivity index (χ3v) is 15.9. The van der Waals surface area contributed by atoms with Gasteiger partial charge in [0.1, 0.15) is 0 Å². The second kappa shape index (κ2) is 21.1. The minimum atomic E-state index is -0.203. The van der Waals surface area contributed by atoms with Crippen LogP contribution in [0, 0.1) is 0 Å². The molecule has 0 saturated carbocycles. The molecule has 0 unspecified atom stereocenters. The highest BCUT2D eigenvalue weighted by Gasteiger charge is 2.46. The quantitative estimate of drug-likeness (QED) is 0.0746. The molecule has 73 heavy (non-hydrogen) atoms. The van der Waals surface area contributed by atoms with Gasteiger partial charge in [-0.25, -0.2) is 0 Å². The first-order valence-corrected chi connectivity index (χ1v) is 27.9. The summed E-state index contributed by atoms with van der Waals surface area (Å²) in [6, 6.07) is 61.4. The first-order chi connectivity index (χ1) is 35.2. The van der Waals surface area contributed by atoms with E-state index in [-0.39, 0.29) is 17.5 Å². The summed E-state index contributed by atoms with van der Waals surface area (Å²) in [5.41, 5.74) is 23.2. The summed E-state index contributed by atoms with van der Waals surface area (Å²) in [4.78, 5) is 5.29. The number of hydrogen-bond acceptors (Lipinski definition) is 2. The summed E-state index contributed by atoms with van der Waals surface area (Å²) in [6.07, 6.45) is 11.5. The Morgan fingerprint density at radius 1 is 0.397 bits per heavy atom. The molecule has 0 aromatic heterocycles. The van der Waals surface area contributed by atoms with Crippen molar-refractivity contribution >= 4 is 80.4 Å². The van der Waals surface area contributed by atoms with Crippen LogP contribution in [0.1, 0.15) is 129 Å². The Bertz CT molecular complexity index is 3160. The lowest BCUT2D eigenvalue weighted by Gasteiger charge is -2.46. The fourth-order valence-electron chi connectivity index (χ4n) is 11.5. The Morgan fingerprint density at radius 3 is 1.23 bits per heavy atom. The fraction of sp³-hybridized carbons (Fsp3) is 0.294. The van der Waals surface area contributed by atoms with Crippen molar-refractivity contribution < 1.29 is 0 Å². The van der Waals surface area contributed by atoms with Crippen LogP contribution in [0.15, 0.2) is 164 Å². The van der Waals surface area contributed by atoms with Gasteiger partial charge in [-0.05, 0) is 158 Å². The zero-order chi connectivity index (χ0) is 51.0. The van der Waals surface area contributed by atoms with Crippen LogP contribution in [0.3, 0.4) is 0 Å². The molecule has 0 atom stereocenters. The first kappa shape index (κ1) is 50.5. The lowest BCUT2D eigenvalue weighted by Crippen LogP contribution is -2.61. The second-order valence-electron chi connectivity index (χ2n) is 22.7. The molecule has 8 aromatic rings. The SMILES string of the molecule is CCCCCCc1cc(-c2ccccc2)cc(CCCCCC)c1N1c2cc(Cl)ccc2B2c3ccc(Cl)cc3N(c3c(-c4ccccc4)cc(C(C)(C)C)cc3-c3ccccc3)c3cc(C(C)(C)C)cc1c32. The molecule has 0 N–H and O–H groups in total. The number of unbranched alkanes of at least 4 members (excludes halogenated alkanes) is 6. The molecule has 370 valence electrons. The number of aryl methyl sites for hydroxylation is 2. The molecule has 2 nitrogen and oxygen atoms in total. The highest BCUT2D eigenvalue weighted by molar-refractivity contribution is 7.00. The van der Waals surface area contributed by atoms with E-state index in [1.54, 1.807) is 0 Å². The van der Waals surface area contributed by atoms with E-state index in [1.165, 1.54) is 128 Å². The van der Waals surface area contributed by atoms with Crippen molar-refractivity contribution in [3.63, 3.8) is 0 Å². The molecule has 0 aliphatic carbocycles. The van der Waals surface area contributed by atoms with Gasteiger partial charge < -0.3 is 9.80 Å². The van der Waals surface area contributed by atoms with Crippen molar-refractivity contribution in [1.29, 1.82) is 0 Å². The standard InChI is InChI=1S/C68H71BCl2N2/c1-9-11-13-18-32-49-38-51(46-26-20-15-21-27-46)39-50(33-19-14-12-10-2)65(49)72-60-44-54(70)34-36-58(60)69-59-37-35-55(71)45-61(59)73(63-43-53(68(6,7)8)42-62(72)64(63)69)66-56(47-28-22-16-23-29-47)40-52(67(3,4)5)41-57(66)48-30-24-17-25-31-48/h15-17,20-31,34-45H,9-14,18-19,32-33H2,1-8H3. The van der Waals surface area contributed by atoms with Crippen molar-refractivity contribution in [2.24, 2.45) is 0 Å². The third kappa shape index (κ3) is 10.1. The summed E-state index contributed by atoms with van der Waals surface area (Å²) in [6.45, 7) is 18.6. The minimum absolute atomic E-state index is 0.0927. The van der Waals surface area contributed by atoms with Gasteiger partial charge in [-0.3, -0.25) is 0 Å². The maximum absolute atomic E-state index is 7.29. The smallest absolute Gasteiger partial charge is 0.252 e. The number of anilines is 6. The number of nitrogens with zero attached hydrogens (tertiary/aromatic N) is 2. The van der Waals surface area contributed by atoms with Gasteiger partial charge in [0.05, 0.1) is 11.4 Å². The molecular weight excluding hydrogens is 926 g/mol. The van der Waals surface area contributed by atoms with E-state index < -0.39 is 0 Å². The van der Waals surface area contributed by atoms with E-state index >= 15 is 0 Å². The van der Waals surface area contributed by atoms with Crippen LogP contribution in [0.2, 0.25) is 10.0 Å². The third-order valence-electron chi connectivity index (χ3n) is 15.4. The summed E-state index contributed by atoms with van der Waals surface area (Å²) >= 11 is 14.6. The molecule has 0 saturated heterocycles. The van der Waals surface area contributed by atoms with Crippen LogP contribution in [0.25, 0.3) is 33.4 Å². The van der Waals surface area contributed by atoms with Crippen LogP contribution in [0.5, 0.6) is 0 Å². The van der Waals surface area contributed by atoms with E-state index in [9.17, 15) is 0 Å². The molecule has 0 bridgehead atoms. The monoisotopic (exact) mass is 997 g/mol. The van der Waals surface area contributed by atoms with E-state index in [0.29, 0.717) is 5.02 Å². The molecule has 2 heterocycles. The number of halogens is 2. The van der Waals surface area contributed by atoms with Crippen LogP contribution < -0.4 is 26.2 Å². The molecule has 0 amide bonds. The second-order valence-corrected chi connectivity index (χ2v) is 23.6. The zero-order valence-electron chi connectivity index (χ0n) is 44.4. The largest absolute Gasteiger partial charge is 0.311 e. The van der Waals surface area contributed by atoms with Crippen LogP contribution >= 0.6 is 23.2 Å². The number of fused-ring (bicyclic) bond motifs is 4. The van der Waals surface area contributed by atoms with E-state index in [4.69, 9.17) is 23.2 Å². The molecule has 8 aromatic carbocycles. The lowest BCUT2D eigenvalue weighted by molar-refractivity contribution is 0.590. The highest BCUT2D eigenvalue weighted by Crippen LogP contribution is 2.53. The molecule has 0 fully saturated rings. The molecule has 0 spiro atoms. The van der Waals surface area contributed by atoms with Crippen molar-refractivity contribution in [3.8, 4) is 33.4 Å².